The van der Waals surface area contributed by atoms with Crippen molar-refractivity contribution in [2.45, 2.75) is 38.6 Å². The van der Waals surface area contributed by atoms with Gasteiger partial charge in [-0.1, -0.05) is 6.92 Å². The Morgan fingerprint density at radius 1 is 1.15 bits per heavy atom. The van der Waals surface area contributed by atoms with E-state index in [2.05, 4.69) is 27.2 Å². The second kappa shape index (κ2) is 7.35. The van der Waals surface area contributed by atoms with Crippen molar-refractivity contribution in [2.75, 3.05) is 36.5 Å². The van der Waals surface area contributed by atoms with Crippen LogP contribution >= 0.6 is 0 Å². The minimum Gasteiger partial charge on any atom is -0.395 e. The first-order valence-corrected chi connectivity index (χ1v) is 7.25. The fourth-order valence-electron chi connectivity index (χ4n) is 1.91. The van der Waals surface area contributed by atoms with Crippen LogP contribution in [0.25, 0.3) is 0 Å². The number of anilines is 2. The number of rotatable bonds is 9. The smallest absolute Gasteiger partial charge is 0.230 e. The number of aliphatic hydroxyl groups is 2. The Kier molecular flexibility index (Phi) is 5.49. The lowest BCUT2D eigenvalue weighted by Gasteiger charge is -2.21. The molecule has 1 aromatic rings. The number of hydrogen-bond acceptors (Lipinski definition) is 7. The average Bonchev–Trinajstić information content (AvgIpc) is 3.22. The molecule has 1 aliphatic carbocycles. The molecule has 0 bridgehead atoms. The topological polar surface area (TPSA) is 94.4 Å². The van der Waals surface area contributed by atoms with Gasteiger partial charge < -0.3 is 20.4 Å². The lowest BCUT2D eigenvalue weighted by Crippen LogP contribution is -2.32. The standard InChI is InChI=1S/C13H23N5O2/c1-2-3-11-15-12(14-10-4-5-10)17-13(16-11)18(6-8-19)7-9-20/h10,19-20H,2-9H2,1H3,(H,14,15,16,17). The molecule has 20 heavy (non-hydrogen) atoms. The minimum absolute atomic E-state index is 0.000179. The number of hydrogen-bond donors (Lipinski definition) is 3. The Morgan fingerprint density at radius 3 is 2.40 bits per heavy atom. The third-order valence-electron chi connectivity index (χ3n) is 3.08. The SMILES string of the molecule is CCCc1nc(NC2CC2)nc(N(CCO)CCO)n1. The maximum Gasteiger partial charge on any atom is 0.230 e. The van der Waals surface area contributed by atoms with Gasteiger partial charge in [0.15, 0.2) is 0 Å². The van der Waals surface area contributed by atoms with Crippen LogP contribution in [0.2, 0.25) is 0 Å². The maximum absolute atomic E-state index is 9.11. The summed E-state index contributed by atoms with van der Waals surface area (Å²) in [6.45, 7) is 2.88. The first-order valence-electron chi connectivity index (χ1n) is 7.25. The van der Waals surface area contributed by atoms with E-state index in [9.17, 15) is 0 Å². The third-order valence-corrected chi connectivity index (χ3v) is 3.08. The molecule has 0 amide bonds. The Labute approximate surface area is 119 Å². The molecule has 0 aliphatic heterocycles. The summed E-state index contributed by atoms with van der Waals surface area (Å²) < 4.78 is 0. The zero-order valence-electron chi connectivity index (χ0n) is 11.9. The highest BCUT2D eigenvalue weighted by Crippen LogP contribution is 2.23. The lowest BCUT2D eigenvalue weighted by atomic mass is 10.3. The molecule has 0 saturated heterocycles. The van der Waals surface area contributed by atoms with Crippen LogP contribution in [0.15, 0.2) is 0 Å². The van der Waals surface area contributed by atoms with E-state index in [0.717, 1.165) is 31.5 Å². The van der Waals surface area contributed by atoms with Crippen LogP contribution in [0, 0.1) is 0 Å². The summed E-state index contributed by atoms with van der Waals surface area (Å²) >= 11 is 0. The van der Waals surface area contributed by atoms with Crippen molar-refractivity contribution in [3.63, 3.8) is 0 Å². The first-order chi connectivity index (χ1) is 9.76. The van der Waals surface area contributed by atoms with Crippen molar-refractivity contribution in [2.24, 2.45) is 0 Å². The second-order valence-electron chi connectivity index (χ2n) is 4.98. The van der Waals surface area contributed by atoms with Gasteiger partial charge in [0, 0.05) is 25.6 Å². The molecular weight excluding hydrogens is 258 g/mol. The number of nitrogens with zero attached hydrogens (tertiary/aromatic N) is 4. The van der Waals surface area contributed by atoms with Gasteiger partial charge in [-0.15, -0.1) is 0 Å². The monoisotopic (exact) mass is 281 g/mol. The largest absolute Gasteiger partial charge is 0.395 e. The predicted octanol–water partition coefficient (Wildman–Crippen LogP) is 0.189. The molecule has 0 aromatic carbocycles. The van der Waals surface area contributed by atoms with E-state index in [1.807, 2.05) is 0 Å². The zero-order chi connectivity index (χ0) is 14.4. The van der Waals surface area contributed by atoms with Gasteiger partial charge in [-0.3, -0.25) is 0 Å². The number of nitrogens with one attached hydrogen (secondary N) is 1. The zero-order valence-corrected chi connectivity index (χ0v) is 11.9. The van der Waals surface area contributed by atoms with Crippen molar-refractivity contribution in [1.82, 2.24) is 15.0 Å². The Hall–Kier alpha value is -1.47. The quantitative estimate of drug-likeness (QED) is 0.595. The number of aromatic nitrogens is 3. The van der Waals surface area contributed by atoms with Gasteiger partial charge in [-0.2, -0.15) is 15.0 Å². The molecule has 3 N–H and O–H groups in total. The van der Waals surface area contributed by atoms with E-state index >= 15 is 0 Å². The molecular formula is C13H23N5O2. The molecule has 1 saturated carbocycles. The van der Waals surface area contributed by atoms with E-state index in [0.29, 0.717) is 31.0 Å². The normalized spacial score (nSPS) is 14.3. The van der Waals surface area contributed by atoms with Crippen molar-refractivity contribution >= 4 is 11.9 Å². The Morgan fingerprint density at radius 2 is 1.85 bits per heavy atom. The summed E-state index contributed by atoms with van der Waals surface area (Å²) in [4.78, 5) is 15.0. The molecule has 7 nitrogen and oxygen atoms in total. The summed E-state index contributed by atoms with van der Waals surface area (Å²) in [5.74, 6) is 1.87. The highest BCUT2D eigenvalue weighted by molar-refractivity contribution is 5.38. The second-order valence-corrected chi connectivity index (χ2v) is 4.98. The van der Waals surface area contributed by atoms with Crippen LogP contribution < -0.4 is 10.2 Å². The van der Waals surface area contributed by atoms with Gasteiger partial charge in [0.1, 0.15) is 5.82 Å². The predicted molar refractivity (Wildman–Crippen MR) is 76.9 cm³/mol. The van der Waals surface area contributed by atoms with Crippen LogP contribution in [0.3, 0.4) is 0 Å². The average molecular weight is 281 g/mol. The molecule has 0 radical (unpaired) electrons. The van der Waals surface area contributed by atoms with Gasteiger partial charge in [0.2, 0.25) is 11.9 Å². The van der Waals surface area contributed by atoms with Crippen molar-refractivity contribution in [3.05, 3.63) is 5.82 Å². The number of aryl methyl sites for hydroxylation is 1. The molecule has 112 valence electrons. The first kappa shape index (κ1) is 14.9. The van der Waals surface area contributed by atoms with E-state index in [4.69, 9.17) is 10.2 Å². The lowest BCUT2D eigenvalue weighted by molar-refractivity contribution is 0.280. The summed E-state index contributed by atoms with van der Waals surface area (Å²) in [5.41, 5.74) is 0. The van der Waals surface area contributed by atoms with Gasteiger partial charge >= 0.3 is 0 Å². The molecule has 0 atom stereocenters. The van der Waals surface area contributed by atoms with Crippen molar-refractivity contribution in [1.29, 1.82) is 0 Å². The summed E-state index contributed by atoms with van der Waals surface area (Å²) in [5, 5.41) is 21.5. The van der Waals surface area contributed by atoms with Gasteiger partial charge in [0.05, 0.1) is 13.2 Å². The van der Waals surface area contributed by atoms with E-state index in [1.165, 1.54) is 0 Å². The van der Waals surface area contributed by atoms with Crippen LogP contribution in [-0.2, 0) is 6.42 Å². The third kappa shape index (κ3) is 4.28. The molecule has 2 rings (SSSR count). The minimum atomic E-state index is 0.000179. The van der Waals surface area contributed by atoms with Crippen LogP contribution in [-0.4, -0.2) is 57.5 Å². The Bertz CT molecular complexity index is 419. The summed E-state index contributed by atoms with van der Waals surface area (Å²) in [6, 6.07) is 0.476. The van der Waals surface area contributed by atoms with E-state index in [1.54, 1.807) is 4.90 Å². The van der Waals surface area contributed by atoms with Crippen LogP contribution in [0.5, 0.6) is 0 Å². The molecule has 1 aromatic heterocycles. The Balaban J connectivity index is 2.20. The molecule has 1 aliphatic rings. The van der Waals surface area contributed by atoms with Crippen molar-refractivity contribution < 1.29 is 10.2 Å². The van der Waals surface area contributed by atoms with Gasteiger partial charge in [-0.05, 0) is 19.3 Å². The van der Waals surface area contributed by atoms with Crippen LogP contribution in [0.1, 0.15) is 32.0 Å². The van der Waals surface area contributed by atoms with E-state index in [-0.39, 0.29) is 13.2 Å². The fourth-order valence-corrected chi connectivity index (χ4v) is 1.91. The fraction of sp³-hybridized carbons (Fsp3) is 0.769. The van der Waals surface area contributed by atoms with Gasteiger partial charge in [0.25, 0.3) is 0 Å². The van der Waals surface area contributed by atoms with Crippen molar-refractivity contribution in [3.8, 4) is 0 Å². The van der Waals surface area contributed by atoms with Crippen LogP contribution in [0.4, 0.5) is 11.9 Å². The van der Waals surface area contributed by atoms with E-state index < -0.39 is 0 Å². The summed E-state index contributed by atoms with van der Waals surface area (Å²) in [6.07, 6.45) is 4.07. The summed E-state index contributed by atoms with van der Waals surface area (Å²) in [7, 11) is 0. The number of aliphatic hydroxyl groups excluding tert-OH is 2. The molecule has 7 heteroatoms. The highest BCUT2D eigenvalue weighted by atomic mass is 16.3. The van der Waals surface area contributed by atoms with Gasteiger partial charge in [-0.25, -0.2) is 0 Å². The molecule has 1 heterocycles. The maximum atomic E-state index is 9.11. The molecule has 0 unspecified atom stereocenters. The highest BCUT2D eigenvalue weighted by Gasteiger charge is 2.23. The molecule has 0 spiro atoms. The molecule has 1 fully saturated rings.